The van der Waals surface area contributed by atoms with E-state index < -0.39 is 0 Å². The van der Waals surface area contributed by atoms with E-state index in [0.717, 1.165) is 6.42 Å². The van der Waals surface area contributed by atoms with Gasteiger partial charge in [-0.25, -0.2) is 4.79 Å². The van der Waals surface area contributed by atoms with Crippen molar-refractivity contribution in [3.63, 3.8) is 0 Å². The molecule has 0 radical (unpaired) electrons. The Hall–Kier alpha value is -1.36. The normalized spacial score (nSPS) is 18.1. The maximum absolute atomic E-state index is 11.4. The minimum absolute atomic E-state index is 0.0612. The van der Waals surface area contributed by atoms with Crippen molar-refractivity contribution in [1.82, 2.24) is 10.2 Å². The van der Waals surface area contributed by atoms with Crippen molar-refractivity contribution in [3.8, 4) is 0 Å². The Morgan fingerprint density at radius 1 is 1.60 bits per heavy atom. The molecular weight excluding hydrogens is 212 g/mol. The molecule has 2 heterocycles. The second-order valence-electron chi connectivity index (χ2n) is 3.67. The quantitative estimate of drug-likeness (QED) is 0.785. The average molecular weight is 224 g/mol. The molecule has 0 spiro atoms. The zero-order valence-electron chi connectivity index (χ0n) is 8.40. The van der Waals surface area contributed by atoms with Gasteiger partial charge >= 0.3 is 6.03 Å². The van der Waals surface area contributed by atoms with E-state index in [0.29, 0.717) is 0 Å². The molecule has 1 saturated heterocycles. The molecule has 5 heteroatoms. The van der Waals surface area contributed by atoms with Crippen molar-refractivity contribution in [2.75, 3.05) is 6.54 Å². The lowest BCUT2D eigenvalue weighted by Crippen LogP contribution is -2.37. The summed E-state index contributed by atoms with van der Waals surface area (Å²) in [5.41, 5.74) is 1.21. The molecule has 1 N–H and O–H groups in total. The van der Waals surface area contributed by atoms with E-state index in [1.165, 1.54) is 5.56 Å². The average Bonchev–Trinajstić information content (AvgIpc) is 2.75. The highest BCUT2D eigenvalue weighted by Gasteiger charge is 2.30. The van der Waals surface area contributed by atoms with Gasteiger partial charge in [-0.05, 0) is 35.7 Å². The van der Waals surface area contributed by atoms with E-state index >= 15 is 0 Å². The number of rotatable bonds is 3. The summed E-state index contributed by atoms with van der Waals surface area (Å²) >= 11 is 1.64. The molecule has 1 aromatic heterocycles. The van der Waals surface area contributed by atoms with Gasteiger partial charge < -0.3 is 4.90 Å². The van der Waals surface area contributed by atoms with Gasteiger partial charge in [0.2, 0.25) is 5.91 Å². The minimum Gasteiger partial charge on any atom is -0.312 e. The van der Waals surface area contributed by atoms with Gasteiger partial charge in [0.05, 0.1) is 0 Å². The molecule has 0 aromatic carbocycles. The third-order valence-electron chi connectivity index (χ3n) is 2.46. The highest BCUT2D eigenvalue weighted by atomic mass is 32.1. The third kappa shape index (κ3) is 2.18. The van der Waals surface area contributed by atoms with Gasteiger partial charge in [-0.1, -0.05) is 0 Å². The van der Waals surface area contributed by atoms with E-state index in [9.17, 15) is 9.59 Å². The van der Waals surface area contributed by atoms with Crippen LogP contribution in [0.3, 0.4) is 0 Å². The zero-order valence-corrected chi connectivity index (χ0v) is 9.21. The molecule has 0 bridgehead atoms. The van der Waals surface area contributed by atoms with E-state index in [4.69, 9.17) is 0 Å². The number of nitrogens with zero attached hydrogens (tertiary/aromatic N) is 1. The van der Waals surface area contributed by atoms with Gasteiger partial charge in [0.25, 0.3) is 0 Å². The summed E-state index contributed by atoms with van der Waals surface area (Å²) in [6, 6.07) is 1.82. The number of thiophene rings is 1. The largest absolute Gasteiger partial charge is 0.324 e. The van der Waals surface area contributed by atoms with Crippen molar-refractivity contribution in [2.45, 2.75) is 19.4 Å². The Labute approximate surface area is 91.9 Å². The first-order chi connectivity index (χ1) is 7.16. The SMILES string of the molecule is CC(Cc1ccsc1)N1CC(=O)NC1=O. The van der Waals surface area contributed by atoms with E-state index in [1.54, 1.807) is 16.2 Å². The number of carbonyl (C=O) groups excluding carboxylic acids is 2. The Kier molecular flexibility index (Phi) is 2.73. The Balaban J connectivity index is 1.99. The zero-order chi connectivity index (χ0) is 10.8. The smallest absolute Gasteiger partial charge is 0.312 e. The van der Waals surface area contributed by atoms with Crippen LogP contribution in [-0.4, -0.2) is 29.4 Å². The van der Waals surface area contributed by atoms with Crippen LogP contribution in [0.25, 0.3) is 0 Å². The second kappa shape index (κ2) is 4.02. The fourth-order valence-corrected chi connectivity index (χ4v) is 2.35. The van der Waals surface area contributed by atoms with E-state index in [-0.39, 0.29) is 24.5 Å². The molecule has 2 rings (SSSR count). The fraction of sp³-hybridized carbons (Fsp3) is 0.400. The van der Waals surface area contributed by atoms with Crippen molar-refractivity contribution in [2.24, 2.45) is 0 Å². The summed E-state index contributed by atoms with van der Waals surface area (Å²) < 4.78 is 0. The molecule has 80 valence electrons. The van der Waals surface area contributed by atoms with Crippen molar-refractivity contribution < 1.29 is 9.59 Å². The highest BCUT2D eigenvalue weighted by molar-refractivity contribution is 7.07. The minimum atomic E-state index is -0.275. The highest BCUT2D eigenvalue weighted by Crippen LogP contribution is 2.13. The Bertz CT molecular complexity index is 375. The van der Waals surface area contributed by atoms with Gasteiger partial charge in [0.1, 0.15) is 6.54 Å². The monoisotopic (exact) mass is 224 g/mol. The maximum atomic E-state index is 11.4. The number of imide groups is 1. The van der Waals surface area contributed by atoms with Crippen LogP contribution in [0, 0.1) is 0 Å². The topological polar surface area (TPSA) is 49.4 Å². The van der Waals surface area contributed by atoms with Crippen LogP contribution in [0.2, 0.25) is 0 Å². The standard InChI is InChI=1S/C10H12N2O2S/c1-7(4-8-2-3-15-6-8)12-5-9(13)11-10(12)14/h2-3,6-7H,4-5H2,1H3,(H,11,13,14). The van der Waals surface area contributed by atoms with Crippen LogP contribution >= 0.6 is 11.3 Å². The summed E-state index contributed by atoms with van der Waals surface area (Å²) in [5, 5.41) is 6.35. The lowest BCUT2D eigenvalue weighted by molar-refractivity contribution is -0.118. The summed E-state index contributed by atoms with van der Waals surface area (Å²) in [6.45, 7) is 2.14. The van der Waals surface area contributed by atoms with Crippen LogP contribution in [0.5, 0.6) is 0 Å². The molecule has 0 aliphatic carbocycles. The summed E-state index contributed by atoms with van der Waals surface area (Å²) in [4.78, 5) is 23.9. The Morgan fingerprint density at radius 2 is 2.40 bits per heavy atom. The van der Waals surface area contributed by atoms with Crippen LogP contribution in [0.15, 0.2) is 16.8 Å². The number of nitrogens with one attached hydrogen (secondary N) is 1. The summed E-state index contributed by atoms with van der Waals surface area (Å²) in [6.07, 6.45) is 0.796. The van der Waals surface area contributed by atoms with Crippen molar-refractivity contribution >= 4 is 23.3 Å². The van der Waals surface area contributed by atoms with E-state index in [1.807, 2.05) is 18.4 Å². The number of urea groups is 1. The Morgan fingerprint density at radius 3 is 2.93 bits per heavy atom. The van der Waals surface area contributed by atoms with Gasteiger partial charge in [-0.2, -0.15) is 11.3 Å². The number of hydrogen-bond donors (Lipinski definition) is 1. The molecule has 1 unspecified atom stereocenters. The molecule has 1 aromatic rings. The number of carbonyl (C=O) groups is 2. The summed E-state index contributed by atoms with van der Waals surface area (Å²) in [7, 11) is 0. The first-order valence-corrected chi connectivity index (χ1v) is 5.72. The predicted molar refractivity (Wildman–Crippen MR) is 57.7 cm³/mol. The predicted octanol–water partition coefficient (Wildman–Crippen LogP) is 1.23. The molecule has 1 aliphatic heterocycles. The maximum Gasteiger partial charge on any atom is 0.324 e. The molecule has 4 nitrogen and oxygen atoms in total. The van der Waals surface area contributed by atoms with Crippen molar-refractivity contribution in [1.29, 1.82) is 0 Å². The third-order valence-corrected chi connectivity index (χ3v) is 3.20. The molecule has 1 fully saturated rings. The van der Waals surface area contributed by atoms with Crippen LogP contribution in [0.1, 0.15) is 12.5 Å². The lowest BCUT2D eigenvalue weighted by atomic mass is 10.1. The second-order valence-corrected chi connectivity index (χ2v) is 4.45. The summed E-state index contributed by atoms with van der Waals surface area (Å²) in [5.74, 6) is -0.211. The van der Waals surface area contributed by atoms with Gasteiger partial charge in [0.15, 0.2) is 0 Å². The number of hydrogen-bond acceptors (Lipinski definition) is 3. The molecule has 0 saturated carbocycles. The van der Waals surface area contributed by atoms with E-state index in [2.05, 4.69) is 10.7 Å². The van der Waals surface area contributed by atoms with Crippen molar-refractivity contribution in [3.05, 3.63) is 22.4 Å². The first kappa shape index (κ1) is 10.2. The fourth-order valence-electron chi connectivity index (χ4n) is 1.67. The lowest BCUT2D eigenvalue weighted by Gasteiger charge is -2.21. The van der Waals surface area contributed by atoms with Gasteiger partial charge in [-0.15, -0.1) is 0 Å². The molecule has 1 atom stereocenters. The molecular formula is C10H12N2O2S. The van der Waals surface area contributed by atoms with Gasteiger partial charge in [-0.3, -0.25) is 10.1 Å². The van der Waals surface area contributed by atoms with Crippen LogP contribution < -0.4 is 5.32 Å². The van der Waals surface area contributed by atoms with Crippen LogP contribution in [-0.2, 0) is 11.2 Å². The number of amides is 3. The molecule has 15 heavy (non-hydrogen) atoms. The van der Waals surface area contributed by atoms with Crippen LogP contribution in [0.4, 0.5) is 4.79 Å². The molecule has 1 aliphatic rings. The first-order valence-electron chi connectivity index (χ1n) is 4.78. The van der Waals surface area contributed by atoms with Gasteiger partial charge in [0, 0.05) is 6.04 Å². The molecule has 3 amide bonds.